The molecule has 1 atom stereocenters. The number of rotatable bonds is 3. The summed E-state index contributed by atoms with van der Waals surface area (Å²) < 4.78 is 11.0. The molecule has 0 unspecified atom stereocenters. The van der Waals surface area contributed by atoms with E-state index in [9.17, 15) is 9.59 Å². The third-order valence-electron chi connectivity index (χ3n) is 4.19. The molecule has 0 N–H and O–H groups in total. The van der Waals surface area contributed by atoms with E-state index in [1.54, 1.807) is 18.2 Å². The second-order valence-corrected chi connectivity index (χ2v) is 7.30. The van der Waals surface area contributed by atoms with E-state index in [0.29, 0.717) is 30.4 Å². The van der Waals surface area contributed by atoms with Crippen molar-refractivity contribution in [3.8, 4) is 11.5 Å². The summed E-state index contributed by atoms with van der Waals surface area (Å²) in [4.78, 5) is 27.4. The van der Waals surface area contributed by atoms with Crippen LogP contribution in [0.4, 0.5) is 5.69 Å². The van der Waals surface area contributed by atoms with Gasteiger partial charge in [0.05, 0.1) is 10.9 Å². The van der Waals surface area contributed by atoms with Crippen molar-refractivity contribution in [2.24, 2.45) is 0 Å². The number of hydrogen-bond acceptors (Lipinski definition) is 5. The van der Waals surface area contributed by atoms with Crippen LogP contribution < -0.4 is 14.4 Å². The van der Waals surface area contributed by atoms with Crippen LogP contribution in [0.2, 0.25) is 0 Å². The quantitative estimate of drug-likeness (QED) is 0.792. The number of amides is 2. The molecule has 0 aromatic heterocycles. The van der Waals surface area contributed by atoms with Crippen molar-refractivity contribution in [3.63, 3.8) is 0 Å². The fourth-order valence-corrected chi connectivity index (χ4v) is 3.97. The van der Waals surface area contributed by atoms with Crippen LogP contribution in [-0.2, 0) is 9.59 Å². The monoisotopic (exact) mass is 355 g/mol. The second-order valence-electron chi connectivity index (χ2n) is 6.02. The zero-order valence-corrected chi connectivity index (χ0v) is 14.5. The Kier molecular flexibility index (Phi) is 4.13. The maximum absolute atomic E-state index is 12.8. The van der Waals surface area contributed by atoms with Gasteiger partial charge in [-0.2, -0.15) is 0 Å². The summed E-state index contributed by atoms with van der Waals surface area (Å²) in [6.07, 6.45) is 0.200. The van der Waals surface area contributed by atoms with Crippen molar-refractivity contribution in [1.82, 2.24) is 0 Å². The highest BCUT2D eigenvalue weighted by molar-refractivity contribution is 8.00. The zero-order chi connectivity index (χ0) is 17.4. The van der Waals surface area contributed by atoms with Gasteiger partial charge in [0.15, 0.2) is 11.5 Å². The van der Waals surface area contributed by atoms with Crippen LogP contribution in [0, 0.1) is 6.92 Å². The minimum atomic E-state index is -0.400. The summed E-state index contributed by atoms with van der Waals surface area (Å²) in [5.74, 6) is 0.831. The highest BCUT2D eigenvalue weighted by Gasteiger charge is 2.40. The summed E-state index contributed by atoms with van der Waals surface area (Å²) in [5.41, 5.74) is 1.70. The Hall–Kier alpha value is -2.47. The van der Waals surface area contributed by atoms with Gasteiger partial charge in [-0.25, -0.2) is 4.90 Å². The molecule has 2 aliphatic rings. The van der Waals surface area contributed by atoms with E-state index >= 15 is 0 Å². The molecule has 4 rings (SSSR count). The Morgan fingerprint density at radius 3 is 2.48 bits per heavy atom. The van der Waals surface area contributed by atoms with Crippen molar-refractivity contribution in [2.45, 2.75) is 23.5 Å². The first kappa shape index (κ1) is 16.0. The smallest absolute Gasteiger partial charge is 0.247 e. The number of fused-ring (bicyclic) bond motifs is 1. The molecule has 0 radical (unpaired) electrons. The first-order valence-corrected chi connectivity index (χ1v) is 8.99. The number of nitrogens with zero attached hydrogens (tertiary/aromatic N) is 1. The molecular weight excluding hydrogens is 338 g/mol. The number of imide groups is 1. The summed E-state index contributed by atoms with van der Waals surface area (Å²) in [7, 11) is 0. The molecule has 2 amide bonds. The molecule has 0 aliphatic carbocycles. The number of thioether (sulfide) groups is 1. The van der Waals surface area contributed by atoms with Gasteiger partial charge in [-0.05, 0) is 31.2 Å². The Bertz CT molecular complexity index is 834. The molecule has 6 heteroatoms. The number of carbonyl (C=O) groups excluding carboxylic acids is 2. The van der Waals surface area contributed by atoms with Crippen LogP contribution in [-0.4, -0.2) is 30.3 Å². The molecular formula is C19H17NO4S. The van der Waals surface area contributed by atoms with Crippen LogP contribution in [0.3, 0.4) is 0 Å². The number of anilines is 1. The van der Waals surface area contributed by atoms with Crippen LogP contribution >= 0.6 is 11.8 Å². The topological polar surface area (TPSA) is 55.8 Å². The van der Waals surface area contributed by atoms with Crippen molar-refractivity contribution < 1.29 is 19.1 Å². The van der Waals surface area contributed by atoms with Crippen LogP contribution in [0.1, 0.15) is 12.0 Å². The highest BCUT2D eigenvalue weighted by Crippen LogP contribution is 2.38. The maximum Gasteiger partial charge on any atom is 0.247 e. The van der Waals surface area contributed by atoms with Crippen LogP contribution in [0.25, 0.3) is 0 Å². The van der Waals surface area contributed by atoms with Crippen LogP contribution in [0.15, 0.2) is 47.4 Å². The molecule has 5 nitrogen and oxygen atoms in total. The van der Waals surface area contributed by atoms with E-state index in [1.165, 1.54) is 16.7 Å². The van der Waals surface area contributed by atoms with Crippen molar-refractivity contribution in [2.75, 3.05) is 18.1 Å². The molecule has 1 saturated heterocycles. The fraction of sp³-hybridized carbons (Fsp3) is 0.263. The Morgan fingerprint density at radius 1 is 1.00 bits per heavy atom. The number of hydrogen-bond donors (Lipinski definition) is 0. The van der Waals surface area contributed by atoms with Crippen molar-refractivity contribution in [3.05, 3.63) is 48.0 Å². The summed E-state index contributed by atoms with van der Waals surface area (Å²) >= 11 is 1.43. The minimum Gasteiger partial charge on any atom is -0.486 e. The predicted molar refractivity (Wildman–Crippen MR) is 95.4 cm³/mol. The average Bonchev–Trinajstić information content (AvgIpc) is 2.90. The predicted octanol–water partition coefficient (Wildman–Crippen LogP) is 3.19. The van der Waals surface area contributed by atoms with Crippen molar-refractivity contribution >= 4 is 29.3 Å². The first-order valence-electron chi connectivity index (χ1n) is 8.11. The SMILES string of the molecule is Cc1ccc(S[C@@H]2CC(=O)N(c3ccc4c(c3)OCCO4)C2=O)cc1. The van der Waals surface area contributed by atoms with Crippen LogP contribution in [0.5, 0.6) is 11.5 Å². The Balaban J connectivity index is 1.56. The highest BCUT2D eigenvalue weighted by atomic mass is 32.2. The molecule has 128 valence electrons. The second kappa shape index (κ2) is 6.44. The molecule has 2 aromatic carbocycles. The minimum absolute atomic E-state index is 0.188. The number of carbonyl (C=O) groups is 2. The van der Waals surface area contributed by atoms with E-state index in [1.807, 2.05) is 31.2 Å². The first-order chi connectivity index (χ1) is 12.1. The van der Waals surface area contributed by atoms with Gasteiger partial charge in [0.2, 0.25) is 11.8 Å². The zero-order valence-electron chi connectivity index (χ0n) is 13.7. The summed E-state index contributed by atoms with van der Waals surface area (Å²) in [6, 6.07) is 13.1. The molecule has 0 bridgehead atoms. The maximum atomic E-state index is 12.8. The number of benzene rings is 2. The third kappa shape index (κ3) is 3.09. The lowest BCUT2D eigenvalue weighted by Crippen LogP contribution is -2.31. The van der Waals surface area contributed by atoms with Crippen molar-refractivity contribution in [1.29, 1.82) is 0 Å². The summed E-state index contributed by atoms with van der Waals surface area (Å²) in [5, 5.41) is -0.400. The fourth-order valence-electron chi connectivity index (χ4n) is 2.92. The largest absolute Gasteiger partial charge is 0.486 e. The van der Waals surface area contributed by atoms with Gasteiger partial charge >= 0.3 is 0 Å². The van der Waals surface area contributed by atoms with Gasteiger partial charge < -0.3 is 9.47 Å². The van der Waals surface area contributed by atoms with Gasteiger partial charge in [-0.3, -0.25) is 9.59 Å². The number of aryl methyl sites for hydroxylation is 1. The van der Waals surface area contributed by atoms with E-state index in [2.05, 4.69) is 0 Å². The van der Waals surface area contributed by atoms with E-state index < -0.39 is 5.25 Å². The van der Waals surface area contributed by atoms with E-state index in [-0.39, 0.29) is 18.2 Å². The van der Waals surface area contributed by atoms with Gasteiger partial charge in [0.1, 0.15) is 13.2 Å². The molecule has 25 heavy (non-hydrogen) atoms. The van der Waals surface area contributed by atoms with E-state index in [4.69, 9.17) is 9.47 Å². The van der Waals surface area contributed by atoms with Gasteiger partial charge in [-0.15, -0.1) is 11.8 Å². The molecule has 2 aliphatic heterocycles. The molecule has 0 saturated carbocycles. The molecule has 2 aromatic rings. The molecule has 0 spiro atoms. The summed E-state index contributed by atoms with van der Waals surface area (Å²) in [6.45, 7) is 2.98. The third-order valence-corrected chi connectivity index (χ3v) is 5.39. The number of ether oxygens (including phenoxy) is 2. The lowest BCUT2D eigenvalue weighted by Gasteiger charge is -2.21. The van der Waals surface area contributed by atoms with Gasteiger partial charge in [0.25, 0.3) is 0 Å². The van der Waals surface area contributed by atoms with Gasteiger partial charge in [-0.1, -0.05) is 17.7 Å². The average molecular weight is 355 g/mol. The standard InChI is InChI=1S/C19H17NO4S/c1-12-2-5-14(6-3-12)25-17-11-18(21)20(19(17)22)13-4-7-15-16(10-13)24-9-8-23-15/h2-7,10,17H,8-9,11H2,1H3/t17-/m1/s1. The lowest BCUT2D eigenvalue weighted by atomic mass is 10.2. The van der Waals surface area contributed by atoms with Gasteiger partial charge in [0, 0.05) is 17.4 Å². The molecule has 1 fully saturated rings. The lowest BCUT2D eigenvalue weighted by molar-refractivity contribution is -0.121. The Labute approximate surface area is 149 Å². The molecule has 2 heterocycles. The normalized spacial score (nSPS) is 19.4. The van der Waals surface area contributed by atoms with E-state index in [0.717, 1.165) is 10.5 Å². The Morgan fingerprint density at radius 2 is 1.72 bits per heavy atom.